The molecule has 0 aliphatic carbocycles. The molecule has 0 bridgehead atoms. The van der Waals surface area contributed by atoms with Gasteiger partial charge in [0.25, 0.3) is 5.91 Å². The molecular formula is C22H25N3O5. The molecule has 158 valence electrons. The van der Waals surface area contributed by atoms with E-state index in [0.717, 1.165) is 18.8 Å². The summed E-state index contributed by atoms with van der Waals surface area (Å²) < 4.78 is 21.3. The molecule has 2 aromatic carbocycles. The minimum absolute atomic E-state index is 0.344. The Kier molecular flexibility index (Phi) is 6.99. The zero-order chi connectivity index (χ0) is 21.5. The Morgan fingerprint density at radius 2 is 1.67 bits per heavy atom. The van der Waals surface area contributed by atoms with Gasteiger partial charge in [0.1, 0.15) is 6.04 Å². The Bertz CT molecular complexity index is 892. The number of methoxy groups -OCH3 is 3. The Morgan fingerprint density at radius 3 is 2.17 bits per heavy atom. The molecule has 1 aliphatic rings. The highest BCUT2D eigenvalue weighted by molar-refractivity contribution is 5.95. The number of nitrogens with zero attached hydrogens (tertiary/aromatic N) is 2. The first-order chi connectivity index (χ1) is 14.6. The van der Waals surface area contributed by atoms with Crippen LogP contribution in [-0.4, -0.2) is 53.5 Å². The van der Waals surface area contributed by atoms with Gasteiger partial charge in [0.15, 0.2) is 11.5 Å². The fraction of sp³-hybridized carbons (Fsp3) is 0.364. The number of carbonyl (C=O) groups is 1. The van der Waals surface area contributed by atoms with Crippen molar-refractivity contribution in [3.8, 4) is 23.3 Å². The SMILES string of the molecule is COc1cc(C(C#N)NC(=O)c2ccc(N3CCOCC3)cc2)cc(OC)c1OC. The quantitative estimate of drug-likeness (QED) is 0.748. The van der Waals surface area contributed by atoms with E-state index in [1.165, 1.54) is 21.3 Å². The second kappa shape index (κ2) is 9.85. The fourth-order valence-corrected chi connectivity index (χ4v) is 3.32. The first-order valence-electron chi connectivity index (χ1n) is 9.54. The third kappa shape index (κ3) is 4.58. The van der Waals surface area contributed by atoms with E-state index in [0.29, 0.717) is 41.6 Å². The van der Waals surface area contributed by atoms with Gasteiger partial charge in [-0.1, -0.05) is 0 Å². The normalized spacial score (nSPS) is 14.4. The number of nitrogens with one attached hydrogen (secondary N) is 1. The molecule has 1 saturated heterocycles. The standard InChI is InChI=1S/C22H25N3O5/c1-27-19-12-16(13-20(28-2)21(19)29-3)18(14-23)24-22(26)15-4-6-17(7-5-15)25-8-10-30-11-9-25/h4-7,12-13,18H,8-11H2,1-3H3,(H,24,26). The lowest BCUT2D eigenvalue weighted by Crippen LogP contribution is -2.36. The summed E-state index contributed by atoms with van der Waals surface area (Å²) in [7, 11) is 4.50. The molecule has 1 atom stereocenters. The van der Waals surface area contributed by atoms with Crippen LogP contribution in [0.25, 0.3) is 0 Å². The molecule has 0 spiro atoms. The topological polar surface area (TPSA) is 93.1 Å². The largest absolute Gasteiger partial charge is 0.493 e. The zero-order valence-corrected chi connectivity index (χ0v) is 17.3. The van der Waals surface area contributed by atoms with E-state index in [4.69, 9.17) is 18.9 Å². The van der Waals surface area contributed by atoms with E-state index < -0.39 is 6.04 Å². The fourth-order valence-electron chi connectivity index (χ4n) is 3.32. The smallest absolute Gasteiger partial charge is 0.252 e. The first-order valence-corrected chi connectivity index (χ1v) is 9.54. The average molecular weight is 411 g/mol. The van der Waals surface area contributed by atoms with Crippen molar-refractivity contribution in [2.75, 3.05) is 52.5 Å². The number of anilines is 1. The molecule has 0 saturated carbocycles. The van der Waals surface area contributed by atoms with Crippen LogP contribution in [0.5, 0.6) is 17.2 Å². The molecule has 30 heavy (non-hydrogen) atoms. The van der Waals surface area contributed by atoms with Gasteiger partial charge in [-0.3, -0.25) is 4.79 Å². The number of rotatable bonds is 7. The number of carbonyl (C=O) groups excluding carboxylic acids is 1. The van der Waals surface area contributed by atoms with Gasteiger partial charge in [0.05, 0.1) is 40.6 Å². The highest BCUT2D eigenvalue weighted by Gasteiger charge is 2.21. The number of benzene rings is 2. The van der Waals surface area contributed by atoms with Gasteiger partial charge in [-0.05, 0) is 42.0 Å². The molecule has 1 fully saturated rings. The van der Waals surface area contributed by atoms with Crippen LogP contribution < -0.4 is 24.4 Å². The molecule has 0 radical (unpaired) electrons. The van der Waals surface area contributed by atoms with Crippen LogP contribution in [0.1, 0.15) is 22.0 Å². The summed E-state index contributed by atoms with van der Waals surface area (Å²) >= 11 is 0. The third-order valence-electron chi connectivity index (χ3n) is 4.93. The molecule has 1 aliphatic heterocycles. The zero-order valence-electron chi connectivity index (χ0n) is 17.3. The number of hydrogen-bond acceptors (Lipinski definition) is 7. The van der Waals surface area contributed by atoms with Crippen molar-refractivity contribution in [2.24, 2.45) is 0 Å². The number of hydrogen-bond donors (Lipinski definition) is 1. The van der Waals surface area contributed by atoms with E-state index in [9.17, 15) is 10.1 Å². The van der Waals surface area contributed by atoms with Crippen molar-refractivity contribution >= 4 is 11.6 Å². The number of amides is 1. The van der Waals surface area contributed by atoms with Gasteiger partial charge >= 0.3 is 0 Å². The predicted octanol–water partition coefficient (Wildman–Crippen LogP) is 2.54. The van der Waals surface area contributed by atoms with Crippen LogP contribution in [0.4, 0.5) is 5.69 Å². The molecular weight excluding hydrogens is 386 g/mol. The Labute approximate surface area is 175 Å². The lowest BCUT2D eigenvalue weighted by atomic mass is 10.1. The first kappa shape index (κ1) is 21.3. The molecule has 1 amide bonds. The van der Waals surface area contributed by atoms with Gasteiger partial charge in [0, 0.05) is 24.3 Å². The van der Waals surface area contributed by atoms with E-state index in [1.54, 1.807) is 24.3 Å². The molecule has 0 aromatic heterocycles. The van der Waals surface area contributed by atoms with Crippen molar-refractivity contribution < 1.29 is 23.7 Å². The summed E-state index contributed by atoms with van der Waals surface area (Å²) in [5.41, 5.74) is 2.04. The minimum atomic E-state index is -0.884. The van der Waals surface area contributed by atoms with E-state index in [1.807, 2.05) is 12.1 Å². The van der Waals surface area contributed by atoms with Gasteiger partial charge < -0.3 is 29.2 Å². The lowest BCUT2D eigenvalue weighted by Gasteiger charge is -2.28. The highest BCUT2D eigenvalue weighted by Crippen LogP contribution is 2.39. The molecule has 1 unspecified atom stereocenters. The molecule has 1 N–H and O–H groups in total. The monoisotopic (exact) mass is 411 g/mol. The summed E-state index contributed by atoms with van der Waals surface area (Å²) in [4.78, 5) is 14.9. The summed E-state index contributed by atoms with van der Waals surface area (Å²) in [6.45, 7) is 3.04. The molecule has 2 aromatic rings. The van der Waals surface area contributed by atoms with Crippen molar-refractivity contribution in [2.45, 2.75) is 6.04 Å². The van der Waals surface area contributed by atoms with Crippen molar-refractivity contribution in [3.05, 3.63) is 47.5 Å². The molecule has 8 nitrogen and oxygen atoms in total. The predicted molar refractivity (Wildman–Crippen MR) is 111 cm³/mol. The van der Waals surface area contributed by atoms with Gasteiger partial charge in [-0.2, -0.15) is 5.26 Å². The van der Waals surface area contributed by atoms with E-state index >= 15 is 0 Å². The summed E-state index contributed by atoms with van der Waals surface area (Å²) in [5.74, 6) is 0.904. The van der Waals surface area contributed by atoms with Crippen molar-refractivity contribution in [1.82, 2.24) is 5.32 Å². The molecule has 1 heterocycles. The van der Waals surface area contributed by atoms with Crippen molar-refractivity contribution in [3.63, 3.8) is 0 Å². The molecule has 3 rings (SSSR count). The van der Waals surface area contributed by atoms with Crippen molar-refractivity contribution in [1.29, 1.82) is 5.26 Å². The Hall–Kier alpha value is -3.44. The second-order valence-electron chi connectivity index (χ2n) is 6.64. The maximum Gasteiger partial charge on any atom is 0.252 e. The second-order valence-corrected chi connectivity index (χ2v) is 6.64. The van der Waals surface area contributed by atoms with Crippen LogP contribution in [0.2, 0.25) is 0 Å². The van der Waals surface area contributed by atoms with Gasteiger partial charge in [-0.25, -0.2) is 0 Å². The molecule has 8 heteroatoms. The number of morpholine rings is 1. The number of nitriles is 1. The minimum Gasteiger partial charge on any atom is -0.493 e. The van der Waals surface area contributed by atoms with Crippen LogP contribution in [-0.2, 0) is 4.74 Å². The maximum atomic E-state index is 12.7. The Morgan fingerprint density at radius 1 is 1.07 bits per heavy atom. The van der Waals surface area contributed by atoms with Crippen LogP contribution in [0.15, 0.2) is 36.4 Å². The summed E-state index contributed by atoms with van der Waals surface area (Å²) in [5, 5.41) is 12.4. The van der Waals surface area contributed by atoms with Gasteiger partial charge in [0.2, 0.25) is 5.75 Å². The lowest BCUT2D eigenvalue weighted by molar-refractivity contribution is 0.0945. The van der Waals surface area contributed by atoms with Gasteiger partial charge in [-0.15, -0.1) is 0 Å². The van der Waals surface area contributed by atoms with E-state index in [2.05, 4.69) is 16.3 Å². The maximum absolute atomic E-state index is 12.7. The third-order valence-corrected chi connectivity index (χ3v) is 4.93. The highest BCUT2D eigenvalue weighted by atomic mass is 16.5. The van der Waals surface area contributed by atoms with Crippen LogP contribution in [0, 0.1) is 11.3 Å². The summed E-state index contributed by atoms with van der Waals surface area (Å²) in [6.07, 6.45) is 0. The average Bonchev–Trinajstić information content (AvgIpc) is 2.82. The Balaban J connectivity index is 1.77. The summed E-state index contributed by atoms with van der Waals surface area (Å²) in [6, 6.07) is 11.8. The van der Waals surface area contributed by atoms with Crippen LogP contribution >= 0.6 is 0 Å². The van der Waals surface area contributed by atoms with E-state index in [-0.39, 0.29) is 5.91 Å². The van der Waals surface area contributed by atoms with Crippen LogP contribution in [0.3, 0.4) is 0 Å². The number of ether oxygens (including phenoxy) is 4.